The number of aromatic nitrogens is 1. The molecule has 144 valence electrons. The van der Waals surface area contributed by atoms with E-state index in [4.69, 9.17) is 11.6 Å². The van der Waals surface area contributed by atoms with Gasteiger partial charge in [-0.2, -0.15) is 0 Å². The number of amides is 1. The van der Waals surface area contributed by atoms with E-state index < -0.39 is 10.0 Å². The second kappa shape index (κ2) is 8.86. The van der Waals surface area contributed by atoms with E-state index in [1.54, 1.807) is 30.5 Å². The van der Waals surface area contributed by atoms with E-state index in [-0.39, 0.29) is 16.4 Å². The Balaban J connectivity index is 1.67. The topological polar surface area (TPSA) is 88.2 Å². The van der Waals surface area contributed by atoms with E-state index in [9.17, 15) is 13.2 Å². The van der Waals surface area contributed by atoms with E-state index in [0.29, 0.717) is 23.7 Å². The first-order valence-electron chi connectivity index (χ1n) is 8.51. The van der Waals surface area contributed by atoms with Crippen molar-refractivity contribution in [1.29, 1.82) is 0 Å². The molecule has 3 aromatic rings. The fourth-order valence-electron chi connectivity index (χ4n) is 2.52. The fraction of sp³-hybridized carbons (Fsp3) is 0.100. The van der Waals surface area contributed by atoms with Crippen molar-refractivity contribution in [3.63, 3.8) is 0 Å². The summed E-state index contributed by atoms with van der Waals surface area (Å²) in [7, 11) is -3.85. The number of rotatable bonds is 7. The van der Waals surface area contributed by atoms with Crippen molar-refractivity contribution in [2.75, 3.05) is 11.3 Å². The molecule has 28 heavy (non-hydrogen) atoms. The smallest absolute Gasteiger partial charge is 0.261 e. The Morgan fingerprint density at radius 2 is 1.82 bits per heavy atom. The SMILES string of the molecule is O=C(NCCc1ccccn1)c1cccc(S(=O)(=O)Nc2cccc(Cl)c2)c1. The summed E-state index contributed by atoms with van der Waals surface area (Å²) in [5.74, 6) is -0.351. The third-order valence-corrected chi connectivity index (χ3v) is 5.49. The van der Waals surface area contributed by atoms with Gasteiger partial charge in [-0.3, -0.25) is 14.5 Å². The van der Waals surface area contributed by atoms with Crippen molar-refractivity contribution in [3.8, 4) is 0 Å². The zero-order valence-electron chi connectivity index (χ0n) is 14.8. The molecule has 1 heterocycles. The lowest BCUT2D eigenvalue weighted by molar-refractivity contribution is 0.0954. The number of sulfonamides is 1. The minimum absolute atomic E-state index is 0.00940. The first kappa shape index (κ1) is 19.9. The van der Waals surface area contributed by atoms with Gasteiger partial charge in [0.2, 0.25) is 0 Å². The Kier molecular flexibility index (Phi) is 6.28. The third kappa shape index (κ3) is 5.31. The Bertz CT molecular complexity index is 1070. The monoisotopic (exact) mass is 415 g/mol. The Morgan fingerprint density at radius 3 is 2.57 bits per heavy atom. The largest absolute Gasteiger partial charge is 0.352 e. The Morgan fingerprint density at radius 1 is 1.00 bits per heavy atom. The number of hydrogen-bond donors (Lipinski definition) is 2. The standard InChI is InChI=1S/C20H18ClN3O3S/c21-16-6-4-8-18(14-16)24-28(26,27)19-9-3-5-15(13-19)20(25)23-12-10-17-7-1-2-11-22-17/h1-9,11,13-14,24H,10,12H2,(H,23,25). The number of hydrogen-bond acceptors (Lipinski definition) is 4. The maximum absolute atomic E-state index is 12.6. The van der Waals surface area contributed by atoms with E-state index in [2.05, 4.69) is 15.0 Å². The molecule has 0 aliphatic carbocycles. The predicted octanol–water partition coefficient (Wildman–Crippen LogP) is 3.51. The zero-order chi connectivity index (χ0) is 20.0. The van der Waals surface area contributed by atoms with Crippen molar-refractivity contribution in [3.05, 3.63) is 89.2 Å². The molecule has 0 aliphatic rings. The van der Waals surface area contributed by atoms with Crippen LogP contribution in [0.4, 0.5) is 5.69 Å². The second-order valence-corrected chi connectivity index (χ2v) is 8.09. The van der Waals surface area contributed by atoms with Crippen LogP contribution in [0.25, 0.3) is 0 Å². The van der Waals surface area contributed by atoms with Gasteiger partial charge in [-0.15, -0.1) is 0 Å². The quantitative estimate of drug-likeness (QED) is 0.618. The van der Waals surface area contributed by atoms with E-state index in [0.717, 1.165) is 5.69 Å². The van der Waals surface area contributed by atoms with Gasteiger partial charge in [0.05, 0.1) is 10.6 Å². The van der Waals surface area contributed by atoms with Gasteiger partial charge in [0.25, 0.3) is 15.9 Å². The molecule has 1 aromatic heterocycles. The van der Waals surface area contributed by atoms with Crippen LogP contribution in [-0.2, 0) is 16.4 Å². The zero-order valence-corrected chi connectivity index (χ0v) is 16.4. The molecule has 0 aliphatic heterocycles. The number of nitrogens with zero attached hydrogens (tertiary/aromatic N) is 1. The molecule has 3 rings (SSSR count). The maximum Gasteiger partial charge on any atom is 0.261 e. The third-order valence-electron chi connectivity index (χ3n) is 3.88. The molecule has 0 fully saturated rings. The van der Waals surface area contributed by atoms with Crippen LogP contribution in [0.3, 0.4) is 0 Å². The molecule has 0 saturated heterocycles. The number of anilines is 1. The van der Waals surface area contributed by atoms with Crippen LogP contribution >= 0.6 is 11.6 Å². The second-order valence-electron chi connectivity index (χ2n) is 5.97. The molecular formula is C20H18ClN3O3S. The van der Waals surface area contributed by atoms with E-state index in [1.807, 2.05) is 18.2 Å². The summed E-state index contributed by atoms with van der Waals surface area (Å²) in [6.45, 7) is 0.396. The molecule has 2 N–H and O–H groups in total. The predicted molar refractivity (Wildman–Crippen MR) is 109 cm³/mol. The molecule has 6 nitrogen and oxygen atoms in total. The minimum atomic E-state index is -3.85. The number of pyridine rings is 1. The number of carbonyl (C=O) groups is 1. The Hall–Kier alpha value is -2.90. The van der Waals surface area contributed by atoms with Gasteiger partial charge in [-0.1, -0.05) is 29.8 Å². The maximum atomic E-state index is 12.6. The van der Waals surface area contributed by atoms with Gasteiger partial charge in [-0.25, -0.2) is 8.42 Å². The van der Waals surface area contributed by atoms with Crippen molar-refractivity contribution < 1.29 is 13.2 Å². The van der Waals surface area contributed by atoms with E-state index in [1.165, 1.54) is 24.3 Å². The normalized spacial score (nSPS) is 11.0. The van der Waals surface area contributed by atoms with Crippen molar-refractivity contribution in [2.24, 2.45) is 0 Å². The summed E-state index contributed by atoms with van der Waals surface area (Å²) in [5, 5.41) is 3.19. The molecular weight excluding hydrogens is 398 g/mol. The van der Waals surface area contributed by atoms with Crippen molar-refractivity contribution in [2.45, 2.75) is 11.3 Å². The summed E-state index contributed by atoms with van der Waals surface area (Å²) in [4.78, 5) is 16.5. The average Bonchev–Trinajstić information content (AvgIpc) is 2.68. The van der Waals surface area contributed by atoms with Gasteiger partial charge in [0, 0.05) is 35.4 Å². The van der Waals surface area contributed by atoms with Crippen LogP contribution < -0.4 is 10.0 Å². The number of carbonyl (C=O) groups excluding carboxylic acids is 1. The van der Waals surface area contributed by atoms with Crippen LogP contribution in [0.2, 0.25) is 5.02 Å². The first-order valence-corrected chi connectivity index (χ1v) is 10.4. The number of nitrogens with one attached hydrogen (secondary N) is 2. The minimum Gasteiger partial charge on any atom is -0.352 e. The lowest BCUT2D eigenvalue weighted by Gasteiger charge is -2.10. The molecule has 2 aromatic carbocycles. The summed E-state index contributed by atoms with van der Waals surface area (Å²) in [6.07, 6.45) is 2.28. The van der Waals surface area contributed by atoms with Gasteiger partial charge in [-0.05, 0) is 48.5 Å². The van der Waals surface area contributed by atoms with Crippen molar-refractivity contribution in [1.82, 2.24) is 10.3 Å². The van der Waals surface area contributed by atoms with Crippen LogP contribution in [0.15, 0.2) is 77.8 Å². The highest BCUT2D eigenvalue weighted by molar-refractivity contribution is 7.92. The molecule has 0 atom stereocenters. The first-order chi connectivity index (χ1) is 13.4. The highest BCUT2D eigenvalue weighted by atomic mass is 35.5. The van der Waals surface area contributed by atoms with Gasteiger partial charge in [0.15, 0.2) is 0 Å². The summed E-state index contributed by atoms with van der Waals surface area (Å²) < 4.78 is 27.6. The molecule has 0 bridgehead atoms. The Labute approximate surface area is 168 Å². The molecule has 0 saturated carbocycles. The molecule has 0 unspecified atom stereocenters. The van der Waals surface area contributed by atoms with Gasteiger partial charge in [0.1, 0.15) is 0 Å². The van der Waals surface area contributed by atoms with E-state index >= 15 is 0 Å². The number of benzene rings is 2. The molecule has 0 radical (unpaired) electrons. The van der Waals surface area contributed by atoms with Crippen molar-refractivity contribution >= 4 is 33.2 Å². The lowest BCUT2D eigenvalue weighted by atomic mass is 10.2. The lowest BCUT2D eigenvalue weighted by Crippen LogP contribution is -2.26. The van der Waals surface area contributed by atoms with Crippen LogP contribution in [0, 0.1) is 0 Å². The van der Waals surface area contributed by atoms with Gasteiger partial charge < -0.3 is 5.32 Å². The van der Waals surface area contributed by atoms with Crippen LogP contribution in [0.1, 0.15) is 16.1 Å². The highest BCUT2D eigenvalue weighted by Gasteiger charge is 2.16. The summed E-state index contributed by atoms with van der Waals surface area (Å²) in [5.41, 5.74) is 1.47. The highest BCUT2D eigenvalue weighted by Crippen LogP contribution is 2.20. The fourth-order valence-corrected chi connectivity index (χ4v) is 3.81. The molecule has 1 amide bonds. The summed E-state index contributed by atoms with van der Waals surface area (Å²) in [6, 6.07) is 17.8. The van der Waals surface area contributed by atoms with Crippen LogP contribution in [-0.4, -0.2) is 25.9 Å². The molecule has 0 spiro atoms. The van der Waals surface area contributed by atoms with Gasteiger partial charge >= 0.3 is 0 Å². The summed E-state index contributed by atoms with van der Waals surface area (Å²) >= 11 is 5.89. The number of halogens is 1. The average molecular weight is 416 g/mol. The van der Waals surface area contributed by atoms with Crippen LogP contribution in [0.5, 0.6) is 0 Å². The molecule has 8 heteroatoms.